The van der Waals surface area contributed by atoms with E-state index in [1.54, 1.807) is 18.2 Å². The highest BCUT2D eigenvalue weighted by atomic mass is 79.9. The standard InChI is InChI=1S/C10H5BrCl3N3/c11-5-1-2-6(10(14)9(5)13)17-8-3-7(12)15-4-16-8/h1-4H,(H,15,16,17). The number of aromatic nitrogens is 2. The minimum absolute atomic E-state index is 0.349. The lowest BCUT2D eigenvalue weighted by molar-refractivity contribution is 1.17. The van der Waals surface area contributed by atoms with Crippen LogP contribution in [0.4, 0.5) is 11.5 Å². The molecular weight excluding hydrogens is 348 g/mol. The Morgan fingerprint density at radius 3 is 2.53 bits per heavy atom. The maximum Gasteiger partial charge on any atom is 0.135 e. The molecule has 0 radical (unpaired) electrons. The third-order valence-corrected chi connectivity index (χ3v) is 3.91. The third kappa shape index (κ3) is 3.01. The first kappa shape index (κ1) is 12.9. The lowest BCUT2D eigenvalue weighted by atomic mass is 10.3. The van der Waals surface area contributed by atoms with E-state index in [1.165, 1.54) is 6.33 Å². The first-order valence-electron chi connectivity index (χ1n) is 4.46. The number of anilines is 2. The van der Waals surface area contributed by atoms with E-state index in [9.17, 15) is 0 Å². The zero-order chi connectivity index (χ0) is 12.4. The van der Waals surface area contributed by atoms with Crippen molar-refractivity contribution in [3.63, 3.8) is 0 Å². The van der Waals surface area contributed by atoms with Gasteiger partial charge in [-0.1, -0.05) is 34.8 Å². The molecule has 2 rings (SSSR count). The SMILES string of the molecule is Clc1cc(Nc2ccc(Br)c(Cl)c2Cl)ncn1. The summed E-state index contributed by atoms with van der Waals surface area (Å²) in [5.74, 6) is 0.547. The predicted molar refractivity (Wildman–Crippen MR) is 74.5 cm³/mol. The van der Waals surface area contributed by atoms with Gasteiger partial charge in [0.25, 0.3) is 0 Å². The van der Waals surface area contributed by atoms with Crippen LogP contribution >= 0.6 is 50.7 Å². The molecule has 0 saturated heterocycles. The van der Waals surface area contributed by atoms with Gasteiger partial charge >= 0.3 is 0 Å². The molecule has 1 heterocycles. The maximum absolute atomic E-state index is 6.09. The van der Waals surface area contributed by atoms with Crippen LogP contribution in [-0.2, 0) is 0 Å². The fourth-order valence-electron chi connectivity index (χ4n) is 1.16. The fraction of sp³-hybridized carbons (Fsp3) is 0. The molecular formula is C10H5BrCl3N3. The van der Waals surface area contributed by atoms with Gasteiger partial charge in [-0.25, -0.2) is 9.97 Å². The van der Waals surface area contributed by atoms with Crippen molar-refractivity contribution < 1.29 is 0 Å². The van der Waals surface area contributed by atoms with Crippen LogP contribution in [0.5, 0.6) is 0 Å². The van der Waals surface area contributed by atoms with Crippen LogP contribution in [0.3, 0.4) is 0 Å². The van der Waals surface area contributed by atoms with E-state index in [1.807, 2.05) is 0 Å². The molecule has 0 saturated carbocycles. The smallest absolute Gasteiger partial charge is 0.135 e. The predicted octanol–water partition coefficient (Wildman–Crippen LogP) is 4.94. The van der Waals surface area contributed by atoms with Gasteiger partial charge in [0.2, 0.25) is 0 Å². The molecule has 7 heteroatoms. The molecule has 17 heavy (non-hydrogen) atoms. The van der Waals surface area contributed by atoms with Gasteiger partial charge in [-0.3, -0.25) is 0 Å². The summed E-state index contributed by atoms with van der Waals surface area (Å²) in [6.07, 6.45) is 1.36. The molecule has 0 unspecified atom stereocenters. The van der Waals surface area contributed by atoms with Crippen molar-refractivity contribution >= 4 is 62.2 Å². The van der Waals surface area contributed by atoms with Gasteiger partial charge < -0.3 is 5.32 Å². The zero-order valence-corrected chi connectivity index (χ0v) is 12.1. The van der Waals surface area contributed by atoms with E-state index in [0.717, 1.165) is 4.47 Å². The Labute approximate surface area is 121 Å². The Kier molecular flexibility index (Phi) is 4.09. The molecule has 1 N–H and O–H groups in total. The Hall–Kier alpha value is -0.550. The monoisotopic (exact) mass is 351 g/mol. The molecule has 3 nitrogen and oxygen atoms in total. The number of nitrogens with zero attached hydrogens (tertiary/aromatic N) is 2. The van der Waals surface area contributed by atoms with Crippen molar-refractivity contribution in [3.8, 4) is 0 Å². The van der Waals surface area contributed by atoms with Crippen molar-refractivity contribution in [1.29, 1.82) is 0 Å². The quantitative estimate of drug-likeness (QED) is 0.614. The minimum Gasteiger partial charge on any atom is -0.339 e. The summed E-state index contributed by atoms with van der Waals surface area (Å²) in [7, 11) is 0. The molecule has 0 atom stereocenters. The Balaban J connectivity index is 2.34. The van der Waals surface area contributed by atoms with Gasteiger partial charge in [-0.2, -0.15) is 0 Å². The summed E-state index contributed by atoms with van der Waals surface area (Å²) >= 11 is 21.1. The van der Waals surface area contributed by atoms with Crippen LogP contribution in [0.15, 0.2) is 29.0 Å². The van der Waals surface area contributed by atoms with E-state index in [-0.39, 0.29) is 0 Å². The largest absolute Gasteiger partial charge is 0.339 e. The summed E-state index contributed by atoms with van der Waals surface area (Å²) in [5.41, 5.74) is 0.648. The van der Waals surface area contributed by atoms with E-state index >= 15 is 0 Å². The second-order valence-electron chi connectivity index (χ2n) is 3.07. The molecule has 88 valence electrons. The second-order valence-corrected chi connectivity index (χ2v) is 5.07. The highest BCUT2D eigenvalue weighted by Crippen LogP contribution is 2.36. The summed E-state index contributed by atoms with van der Waals surface area (Å²) in [6, 6.07) is 5.17. The van der Waals surface area contributed by atoms with E-state index in [2.05, 4.69) is 31.2 Å². The number of hydrogen-bond acceptors (Lipinski definition) is 3. The van der Waals surface area contributed by atoms with Crippen molar-refractivity contribution in [2.45, 2.75) is 0 Å². The average Bonchev–Trinajstić information content (AvgIpc) is 2.30. The molecule has 0 amide bonds. The molecule has 1 aromatic carbocycles. The molecule has 0 spiro atoms. The van der Waals surface area contributed by atoms with Gasteiger partial charge in [0, 0.05) is 10.5 Å². The Morgan fingerprint density at radius 2 is 1.82 bits per heavy atom. The number of halogens is 4. The number of hydrogen-bond donors (Lipinski definition) is 1. The summed E-state index contributed by atoms with van der Waals surface area (Å²) in [6.45, 7) is 0. The molecule has 2 aromatic rings. The van der Waals surface area contributed by atoms with Crippen LogP contribution in [0.25, 0.3) is 0 Å². The zero-order valence-electron chi connectivity index (χ0n) is 8.22. The lowest BCUT2D eigenvalue weighted by Crippen LogP contribution is -1.95. The van der Waals surface area contributed by atoms with Crippen molar-refractivity contribution in [2.75, 3.05) is 5.32 Å². The topological polar surface area (TPSA) is 37.8 Å². The normalized spacial score (nSPS) is 10.4. The number of benzene rings is 1. The highest BCUT2D eigenvalue weighted by molar-refractivity contribution is 9.10. The number of rotatable bonds is 2. The molecule has 0 fully saturated rings. The van der Waals surface area contributed by atoms with Gasteiger partial charge in [0.1, 0.15) is 17.3 Å². The average molecular weight is 353 g/mol. The highest BCUT2D eigenvalue weighted by Gasteiger charge is 2.09. The summed E-state index contributed by atoms with van der Waals surface area (Å²) < 4.78 is 0.732. The molecule has 0 aliphatic rings. The van der Waals surface area contributed by atoms with Crippen LogP contribution < -0.4 is 5.32 Å². The van der Waals surface area contributed by atoms with E-state index in [4.69, 9.17) is 34.8 Å². The molecule has 0 aliphatic heterocycles. The van der Waals surface area contributed by atoms with E-state index in [0.29, 0.717) is 26.7 Å². The van der Waals surface area contributed by atoms with Gasteiger partial charge in [-0.15, -0.1) is 0 Å². The summed E-state index contributed by atoms with van der Waals surface area (Å²) in [4.78, 5) is 7.79. The maximum atomic E-state index is 6.09. The van der Waals surface area contributed by atoms with Gasteiger partial charge in [0.15, 0.2) is 0 Å². The van der Waals surface area contributed by atoms with Gasteiger partial charge in [0.05, 0.1) is 15.7 Å². The fourth-order valence-corrected chi connectivity index (χ4v) is 2.13. The van der Waals surface area contributed by atoms with Crippen LogP contribution in [0.1, 0.15) is 0 Å². The van der Waals surface area contributed by atoms with Gasteiger partial charge in [-0.05, 0) is 28.1 Å². The van der Waals surface area contributed by atoms with E-state index < -0.39 is 0 Å². The van der Waals surface area contributed by atoms with Crippen LogP contribution in [0, 0.1) is 0 Å². The molecule has 0 bridgehead atoms. The first-order chi connectivity index (χ1) is 8.08. The van der Waals surface area contributed by atoms with Crippen LogP contribution in [0.2, 0.25) is 15.2 Å². The lowest BCUT2D eigenvalue weighted by Gasteiger charge is -2.09. The van der Waals surface area contributed by atoms with Crippen molar-refractivity contribution in [2.24, 2.45) is 0 Å². The minimum atomic E-state index is 0.349. The Bertz CT molecular complexity index is 562. The van der Waals surface area contributed by atoms with Crippen LogP contribution in [-0.4, -0.2) is 9.97 Å². The van der Waals surface area contributed by atoms with Crippen molar-refractivity contribution in [3.05, 3.63) is 44.2 Å². The summed E-state index contributed by atoms with van der Waals surface area (Å²) in [5, 5.41) is 4.21. The molecule has 1 aromatic heterocycles. The first-order valence-corrected chi connectivity index (χ1v) is 6.38. The Morgan fingerprint density at radius 1 is 1.06 bits per heavy atom. The number of nitrogens with one attached hydrogen (secondary N) is 1. The third-order valence-electron chi connectivity index (χ3n) is 1.93. The molecule has 0 aliphatic carbocycles. The van der Waals surface area contributed by atoms with Crippen molar-refractivity contribution in [1.82, 2.24) is 9.97 Å². The second kappa shape index (κ2) is 5.40.